The van der Waals surface area contributed by atoms with Crippen molar-refractivity contribution in [2.75, 3.05) is 0 Å². The van der Waals surface area contributed by atoms with Crippen LogP contribution < -0.4 is 0 Å². The van der Waals surface area contributed by atoms with E-state index in [1.54, 1.807) is 0 Å². The van der Waals surface area contributed by atoms with Gasteiger partial charge in [0.05, 0.1) is 0 Å². The topological polar surface area (TPSA) is 129 Å². The molecule has 118 valence electrons. The van der Waals surface area contributed by atoms with Gasteiger partial charge in [-0.1, -0.05) is 0 Å². The highest BCUT2D eigenvalue weighted by molar-refractivity contribution is 5.82. The van der Waals surface area contributed by atoms with E-state index in [0.29, 0.717) is 6.29 Å². The SMILES string of the molecule is O=C(O)C(F)(F)F.O=C(O)C(F)(F)F.O=CCC(=O)O. The van der Waals surface area contributed by atoms with Gasteiger partial charge in [0, 0.05) is 0 Å². The van der Waals surface area contributed by atoms with Gasteiger partial charge in [-0.2, -0.15) is 26.3 Å². The average Bonchev–Trinajstić information content (AvgIpc) is 2.15. The van der Waals surface area contributed by atoms with E-state index in [2.05, 4.69) is 0 Å². The van der Waals surface area contributed by atoms with Crippen molar-refractivity contribution < 1.29 is 60.8 Å². The molecule has 0 aliphatic rings. The molecule has 0 aromatic carbocycles. The lowest BCUT2D eigenvalue weighted by molar-refractivity contribution is -0.193. The number of rotatable bonds is 2. The van der Waals surface area contributed by atoms with Gasteiger partial charge in [-0.25, -0.2) is 9.59 Å². The van der Waals surface area contributed by atoms with Gasteiger partial charge in [-0.15, -0.1) is 0 Å². The Bertz CT molecular complexity index is 321. The molecule has 0 aliphatic heterocycles. The van der Waals surface area contributed by atoms with Gasteiger partial charge in [0.25, 0.3) is 0 Å². The number of aldehydes is 1. The molecule has 0 aliphatic carbocycles. The lowest BCUT2D eigenvalue weighted by Gasteiger charge is -1.93. The molecule has 20 heavy (non-hydrogen) atoms. The smallest absolute Gasteiger partial charge is 0.481 e. The third-order valence-electron chi connectivity index (χ3n) is 0.743. The molecule has 0 unspecified atom stereocenters. The number of halogens is 6. The Morgan fingerprint density at radius 1 is 0.800 bits per heavy atom. The minimum absolute atomic E-state index is 0.350. The first-order chi connectivity index (χ1) is 8.66. The van der Waals surface area contributed by atoms with Crippen LogP contribution in [0.1, 0.15) is 6.42 Å². The van der Waals surface area contributed by atoms with Crippen molar-refractivity contribution in [2.45, 2.75) is 18.8 Å². The summed E-state index contributed by atoms with van der Waals surface area (Å²) in [6.07, 6.45) is -10.2. The molecule has 0 aromatic rings. The van der Waals surface area contributed by atoms with Crippen LogP contribution in [-0.2, 0) is 19.2 Å². The highest BCUT2D eigenvalue weighted by atomic mass is 19.4. The van der Waals surface area contributed by atoms with Gasteiger partial charge in [-0.05, 0) is 0 Å². The average molecular weight is 316 g/mol. The zero-order chi connectivity index (χ0) is 17.1. The second-order valence-electron chi connectivity index (χ2n) is 2.37. The molecule has 0 aromatic heterocycles. The lowest BCUT2D eigenvalue weighted by atomic mass is 10.5. The summed E-state index contributed by atoms with van der Waals surface area (Å²) in [4.78, 5) is 36.4. The van der Waals surface area contributed by atoms with Crippen LogP contribution in [-0.4, -0.2) is 51.9 Å². The van der Waals surface area contributed by atoms with Crippen molar-refractivity contribution in [3.8, 4) is 0 Å². The molecule has 13 heteroatoms. The van der Waals surface area contributed by atoms with Crippen molar-refractivity contribution in [1.29, 1.82) is 0 Å². The molecule has 0 amide bonds. The van der Waals surface area contributed by atoms with Crippen LogP contribution in [0.4, 0.5) is 26.3 Å². The van der Waals surface area contributed by atoms with Crippen molar-refractivity contribution in [3.63, 3.8) is 0 Å². The van der Waals surface area contributed by atoms with Crippen LogP contribution >= 0.6 is 0 Å². The summed E-state index contributed by atoms with van der Waals surface area (Å²) in [5, 5.41) is 21.9. The zero-order valence-electron chi connectivity index (χ0n) is 9.03. The molecule has 0 rings (SSSR count). The first-order valence-electron chi connectivity index (χ1n) is 3.91. The summed E-state index contributed by atoms with van der Waals surface area (Å²) in [7, 11) is 0. The summed E-state index contributed by atoms with van der Waals surface area (Å²) in [6.45, 7) is 0. The van der Waals surface area contributed by atoms with Crippen molar-refractivity contribution in [3.05, 3.63) is 0 Å². The number of hydrogen-bond donors (Lipinski definition) is 3. The summed E-state index contributed by atoms with van der Waals surface area (Å²) in [5.41, 5.74) is 0. The van der Waals surface area contributed by atoms with Crippen molar-refractivity contribution in [1.82, 2.24) is 0 Å². The molecule has 0 radical (unpaired) electrons. The number of carbonyl (C=O) groups is 4. The third-order valence-corrected chi connectivity index (χ3v) is 0.743. The van der Waals surface area contributed by atoms with Gasteiger partial charge >= 0.3 is 30.3 Å². The molecule has 3 N–H and O–H groups in total. The Labute approximate surface area is 105 Å². The summed E-state index contributed by atoms with van der Waals surface area (Å²) in [6, 6.07) is 0. The van der Waals surface area contributed by atoms with Gasteiger partial charge in [0.2, 0.25) is 0 Å². The summed E-state index contributed by atoms with van der Waals surface area (Å²) in [5.74, 6) is -6.59. The molecule has 0 fully saturated rings. The standard InChI is InChI=1S/C3H4O3.2C2HF3O2/c4-2-1-3(5)6;2*3-2(4,5)1(6)7/h2H,1H2,(H,5,6);2*(H,6,7). The van der Waals surface area contributed by atoms with Gasteiger partial charge in [0.15, 0.2) is 0 Å². The second kappa shape index (κ2) is 9.57. The van der Waals surface area contributed by atoms with Gasteiger partial charge in [-0.3, -0.25) is 4.79 Å². The zero-order valence-corrected chi connectivity index (χ0v) is 9.03. The van der Waals surface area contributed by atoms with Gasteiger partial charge in [0.1, 0.15) is 12.7 Å². The van der Waals surface area contributed by atoms with E-state index in [9.17, 15) is 35.9 Å². The number of carbonyl (C=O) groups excluding carboxylic acids is 1. The second-order valence-corrected chi connectivity index (χ2v) is 2.37. The normalized spacial score (nSPS) is 10.1. The summed E-state index contributed by atoms with van der Waals surface area (Å²) >= 11 is 0. The minimum atomic E-state index is -5.08. The van der Waals surface area contributed by atoms with Crippen LogP contribution in [0.5, 0.6) is 0 Å². The summed E-state index contributed by atoms with van der Waals surface area (Å²) < 4.78 is 63.5. The predicted octanol–water partition coefficient (Wildman–Crippen LogP) is 0.927. The van der Waals surface area contributed by atoms with Crippen LogP contribution in [0.2, 0.25) is 0 Å². The molecule has 0 spiro atoms. The Hall–Kier alpha value is -2.34. The first-order valence-corrected chi connectivity index (χ1v) is 3.91. The maximum atomic E-state index is 10.6. The van der Waals surface area contributed by atoms with Crippen LogP contribution in [0.15, 0.2) is 0 Å². The Morgan fingerprint density at radius 3 is 1.00 bits per heavy atom. The highest BCUT2D eigenvalue weighted by Crippen LogP contribution is 2.13. The molecular formula is C7H6F6O7. The molecule has 0 bridgehead atoms. The highest BCUT2D eigenvalue weighted by Gasteiger charge is 2.38. The Morgan fingerprint density at radius 2 is 1.00 bits per heavy atom. The van der Waals surface area contributed by atoms with E-state index < -0.39 is 30.3 Å². The van der Waals surface area contributed by atoms with Crippen molar-refractivity contribution in [2.24, 2.45) is 0 Å². The fourth-order valence-electron chi connectivity index (χ4n) is 0.0713. The molecule has 0 atom stereocenters. The monoisotopic (exact) mass is 316 g/mol. The fraction of sp³-hybridized carbons (Fsp3) is 0.429. The van der Waals surface area contributed by atoms with Crippen LogP contribution in [0, 0.1) is 0 Å². The minimum Gasteiger partial charge on any atom is -0.481 e. The predicted molar refractivity (Wildman–Crippen MR) is 45.7 cm³/mol. The lowest BCUT2D eigenvalue weighted by Crippen LogP contribution is -2.21. The Kier molecular flexibility index (Phi) is 10.9. The molecule has 0 saturated heterocycles. The number of carboxylic acids is 3. The Balaban J connectivity index is -0.000000218. The largest absolute Gasteiger partial charge is 0.490 e. The fourth-order valence-corrected chi connectivity index (χ4v) is 0.0713. The van der Waals surface area contributed by atoms with E-state index in [-0.39, 0.29) is 6.42 Å². The third kappa shape index (κ3) is 21.0. The van der Waals surface area contributed by atoms with E-state index in [4.69, 9.17) is 24.9 Å². The van der Waals surface area contributed by atoms with Crippen LogP contribution in [0.3, 0.4) is 0 Å². The van der Waals surface area contributed by atoms with E-state index in [0.717, 1.165) is 0 Å². The molecular weight excluding hydrogens is 310 g/mol. The number of aliphatic carboxylic acids is 3. The molecule has 0 heterocycles. The van der Waals surface area contributed by atoms with Gasteiger partial charge < -0.3 is 20.1 Å². The molecule has 0 saturated carbocycles. The van der Waals surface area contributed by atoms with Crippen molar-refractivity contribution >= 4 is 24.2 Å². The molecule has 7 nitrogen and oxygen atoms in total. The van der Waals surface area contributed by atoms with E-state index in [1.165, 1.54) is 0 Å². The first kappa shape index (κ1) is 22.8. The maximum absolute atomic E-state index is 10.6. The van der Waals surface area contributed by atoms with E-state index in [1.807, 2.05) is 0 Å². The van der Waals surface area contributed by atoms with Crippen LogP contribution in [0.25, 0.3) is 0 Å². The maximum Gasteiger partial charge on any atom is 0.490 e. The number of alkyl halides is 6. The quantitative estimate of drug-likeness (QED) is 0.392. The number of hydrogen-bond acceptors (Lipinski definition) is 4. The van der Waals surface area contributed by atoms with E-state index >= 15 is 0 Å². The number of carboxylic acid groups (broad SMARTS) is 3.